The van der Waals surface area contributed by atoms with Crippen molar-refractivity contribution in [1.29, 1.82) is 0 Å². The molecular weight excluding hydrogens is 275 g/mol. The van der Waals surface area contributed by atoms with Crippen LogP contribution in [0.15, 0.2) is 0 Å². The van der Waals surface area contributed by atoms with Gasteiger partial charge in [0.15, 0.2) is 0 Å². The topological polar surface area (TPSA) is 6.48 Å². The van der Waals surface area contributed by atoms with E-state index in [0.29, 0.717) is 0 Å². The standard InChI is InChI=1S/C10H20N2P.Mo/c1-6-11(7-2)10(13-5)12(8-3)9-4;/h6-9H2,1-4H3;/q;+1. The van der Waals surface area contributed by atoms with Crippen molar-refractivity contribution in [1.82, 2.24) is 9.80 Å². The van der Waals surface area contributed by atoms with Gasteiger partial charge in [-0.25, -0.2) is 0 Å². The first-order valence-electron chi connectivity index (χ1n) is 5.19. The monoisotopic (exact) mass is 297 g/mol. The van der Waals surface area contributed by atoms with Crippen LogP contribution in [0.4, 0.5) is 0 Å². The van der Waals surface area contributed by atoms with E-state index in [1.54, 1.807) is 0 Å². The van der Waals surface area contributed by atoms with Crippen LogP contribution in [-0.2, 0) is 19.2 Å². The molecule has 0 aliphatic carbocycles. The predicted octanol–water partition coefficient (Wildman–Crippen LogP) is 2.17. The van der Waals surface area contributed by atoms with Gasteiger partial charge in [-0.05, 0) is 0 Å². The molecule has 0 aliphatic rings. The van der Waals surface area contributed by atoms with E-state index >= 15 is 0 Å². The average Bonchev–Trinajstić information content (AvgIpc) is 2.21. The van der Waals surface area contributed by atoms with Crippen LogP contribution in [0.5, 0.6) is 0 Å². The van der Waals surface area contributed by atoms with Gasteiger partial charge in [0, 0.05) is 0 Å². The van der Waals surface area contributed by atoms with Crippen molar-refractivity contribution in [2.75, 3.05) is 26.2 Å². The quantitative estimate of drug-likeness (QED) is 0.547. The van der Waals surface area contributed by atoms with E-state index in [9.17, 15) is 0 Å². The third-order valence-corrected chi connectivity index (χ3v) is 3.77. The third kappa shape index (κ3) is 4.39. The fraction of sp³-hybridized carbons (Fsp3) is 0.800. The molecule has 0 bridgehead atoms. The Labute approximate surface area is 100 Å². The zero-order valence-electron chi connectivity index (χ0n) is 9.58. The Hall–Kier alpha value is 0.558. The molecule has 0 amide bonds. The van der Waals surface area contributed by atoms with Crippen LogP contribution in [0.1, 0.15) is 27.7 Å². The molecule has 0 atom stereocenters. The Morgan fingerprint density at radius 1 is 1.00 bits per heavy atom. The van der Waals surface area contributed by atoms with Crippen LogP contribution in [0.25, 0.3) is 0 Å². The molecule has 0 rings (SSSR count). The minimum atomic E-state index is 1.08. The summed E-state index contributed by atoms with van der Waals surface area (Å²) in [4.78, 5) is 4.82. The third-order valence-electron chi connectivity index (χ3n) is 2.24. The van der Waals surface area contributed by atoms with Crippen molar-refractivity contribution in [3.05, 3.63) is 0 Å². The van der Waals surface area contributed by atoms with Crippen molar-refractivity contribution in [3.63, 3.8) is 0 Å². The molecule has 0 radical (unpaired) electrons. The number of rotatable bonds is 6. The summed E-state index contributed by atoms with van der Waals surface area (Å²) in [6.45, 7) is 13.2. The second-order valence-electron chi connectivity index (χ2n) is 2.85. The first-order chi connectivity index (χ1) is 6.74. The van der Waals surface area contributed by atoms with Crippen molar-refractivity contribution in [3.8, 4) is 3.94 Å². The van der Waals surface area contributed by atoms with Gasteiger partial charge in [-0.2, -0.15) is 0 Å². The summed E-state index contributed by atoms with van der Waals surface area (Å²) >= 11 is 1.93. The maximum absolute atomic E-state index is 3.23. The van der Waals surface area contributed by atoms with Gasteiger partial charge in [0.1, 0.15) is 0 Å². The summed E-state index contributed by atoms with van der Waals surface area (Å²) in [6.07, 6.45) is 0. The molecule has 4 heteroatoms. The van der Waals surface area contributed by atoms with Gasteiger partial charge >= 0.3 is 101 Å². The Kier molecular flexibility index (Phi) is 9.19. The minimum absolute atomic E-state index is 1.08. The van der Waals surface area contributed by atoms with Gasteiger partial charge in [0.05, 0.1) is 0 Å². The van der Waals surface area contributed by atoms with E-state index in [-0.39, 0.29) is 0 Å². The molecular formula is C10H20MoN2P+. The first-order valence-corrected chi connectivity index (χ1v) is 7.09. The molecule has 0 heterocycles. The van der Waals surface area contributed by atoms with Gasteiger partial charge < -0.3 is 0 Å². The van der Waals surface area contributed by atoms with E-state index < -0.39 is 0 Å². The SMILES string of the molecule is CCN(CC)C(=P[C]#[Mo+])N(CC)CC. The Balaban J connectivity index is 4.75. The van der Waals surface area contributed by atoms with Crippen LogP contribution in [0, 0.1) is 3.94 Å². The van der Waals surface area contributed by atoms with Crippen LogP contribution in [0.3, 0.4) is 0 Å². The molecule has 0 aromatic heterocycles. The summed E-state index contributed by atoms with van der Waals surface area (Å²) in [7, 11) is 1.22. The number of hydrogen-bond donors (Lipinski definition) is 0. The molecule has 0 unspecified atom stereocenters. The number of nitrogens with zero attached hydrogens (tertiary/aromatic N) is 2. The van der Waals surface area contributed by atoms with Crippen molar-refractivity contribution in [2.24, 2.45) is 0 Å². The van der Waals surface area contributed by atoms with Gasteiger partial charge in [-0.15, -0.1) is 0 Å². The fourth-order valence-corrected chi connectivity index (χ4v) is 2.93. The van der Waals surface area contributed by atoms with Crippen LogP contribution >= 0.6 is 8.20 Å². The summed E-state index contributed by atoms with van der Waals surface area (Å²) in [5.74, 6) is 0. The zero-order chi connectivity index (χ0) is 11.0. The summed E-state index contributed by atoms with van der Waals surface area (Å²) in [5, 5.41) is 0. The molecule has 0 spiro atoms. The van der Waals surface area contributed by atoms with Crippen molar-refractivity contribution < 1.29 is 19.2 Å². The second kappa shape index (κ2) is 8.83. The summed E-state index contributed by atoms with van der Waals surface area (Å²) in [6, 6.07) is 0. The van der Waals surface area contributed by atoms with Crippen LogP contribution < -0.4 is 0 Å². The van der Waals surface area contributed by atoms with E-state index in [0.717, 1.165) is 26.2 Å². The van der Waals surface area contributed by atoms with Crippen LogP contribution in [0.2, 0.25) is 0 Å². The molecule has 2 nitrogen and oxygen atoms in total. The molecule has 0 aromatic rings. The molecule has 14 heavy (non-hydrogen) atoms. The molecule has 80 valence electrons. The molecule has 0 aromatic carbocycles. The van der Waals surface area contributed by atoms with Gasteiger partial charge in [-0.1, -0.05) is 0 Å². The average molecular weight is 295 g/mol. The van der Waals surface area contributed by atoms with Gasteiger partial charge in [0.2, 0.25) is 0 Å². The predicted molar refractivity (Wildman–Crippen MR) is 61.7 cm³/mol. The number of hydrogen-bond acceptors (Lipinski definition) is 0. The van der Waals surface area contributed by atoms with E-state index in [1.165, 1.54) is 13.7 Å². The molecule has 0 saturated carbocycles. The van der Waals surface area contributed by atoms with Gasteiger partial charge in [-0.3, -0.25) is 0 Å². The molecule has 0 N–H and O–H groups in total. The van der Waals surface area contributed by atoms with E-state index in [2.05, 4.69) is 41.4 Å². The Morgan fingerprint density at radius 2 is 1.36 bits per heavy atom. The fourth-order valence-electron chi connectivity index (χ4n) is 1.40. The van der Waals surface area contributed by atoms with Gasteiger partial charge in [0.25, 0.3) is 0 Å². The molecule has 0 fully saturated rings. The van der Waals surface area contributed by atoms with E-state index in [1.807, 2.05) is 19.2 Å². The van der Waals surface area contributed by atoms with Crippen molar-refractivity contribution in [2.45, 2.75) is 27.7 Å². The normalized spacial score (nSPS) is 10.9. The zero-order valence-corrected chi connectivity index (χ0v) is 12.5. The van der Waals surface area contributed by atoms with Crippen LogP contribution in [-0.4, -0.2) is 41.5 Å². The van der Waals surface area contributed by atoms with Crippen molar-refractivity contribution >= 4 is 13.7 Å². The van der Waals surface area contributed by atoms with E-state index in [4.69, 9.17) is 0 Å². The molecule has 0 aliphatic heterocycles. The Bertz CT molecular complexity index is 201. The maximum atomic E-state index is 3.23. The first kappa shape index (κ1) is 14.6. The summed E-state index contributed by atoms with van der Waals surface area (Å²) in [5.41, 5.74) is 1.39. The molecule has 0 saturated heterocycles. The Morgan fingerprint density at radius 3 is 1.57 bits per heavy atom. The summed E-state index contributed by atoms with van der Waals surface area (Å²) < 4.78 is 3.23. The second-order valence-corrected chi connectivity index (χ2v) is 5.00.